The number of aryl methyl sites for hydroxylation is 1. The summed E-state index contributed by atoms with van der Waals surface area (Å²) in [6.07, 6.45) is 1.61. The molecule has 1 N–H and O–H groups in total. The van der Waals surface area contributed by atoms with Gasteiger partial charge in [-0.1, -0.05) is 29.3 Å². The standard InChI is InChI=1S/C18H21Cl2N5O2/c1-12-13(19)4-3-5-14(12)22-16(26)11-24-6-8-25(9-7-24)15-10-21-23(2)18(27)17(15)20/h3-5,10H,6-9,11H2,1-2H3,(H,22,26). The Morgan fingerprint density at radius 3 is 2.63 bits per heavy atom. The number of rotatable bonds is 4. The summed E-state index contributed by atoms with van der Waals surface area (Å²) in [6.45, 7) is 4.87. The van der Waals surface area contributed by atoms with Crippen LogP contribution >= 0.6 is 23.2 Å². The molecule has 1 aliphatic heterocycles. The van der Waals surface area contributed by atoms with Crippen LogP contribution in [-0.4, -0.2) is 53.3 Å². The third kappa shape index (κ3) is 4.43. The van der Waals surface area contributed by atoms with Gasteiger partial charge in [0.05, 0.1) is 18.4 Å². The second kappa shape index (κ2) is 8.29. The smallest absolute Gasteiger partial charge is 0.287 e. The van der Waals surface area contributed by atoms with Gasteiger partial charge in [0, 0.05) is 43.9 Å². The van der Waals surface area contributed by atoms with Gasteiger partial charge < -0.3 is 10.2 Å². The van der Waals surface area contributed by atoms with E-state index in [1.807, 2.05) is 24.0 Å². The van der Waals surface area contributed by atoms with Gasteiger partial charge in [0.2, 0.25) is 5.91 Å². The van der Waals surface area contributed by atoms with E-state index in [2.05, 4.69) is 15.3 Å². The number of amides is 1. The average molecular weight is 410 g/mol. The fourth-order valence-electron chi connectivity index (χ4n) is 3.01. The first-order chi connectivity index (χ1) is 12.9. The molecule has 1 aliphatic rings. The maximum atomic E-state index is 12.3. The van der Waals surface area contributed by atoms with E-state index in [1.165, 1.54) is 4.68 Å². The molecule has 3 rings (SSSR count). The summed E-state index contributed by atoms with van der Waals surface area (Å²) in [5.41, 5.74) is 1.90. The third-order valence-electron chi connectivity index (χ3n) is 4.68. The number of aromatic nitrogens is 2. The highest BCUT2D eigenvalue weighted by molar-refractivity contribution is 6.33. The van der Waals surface area contributed by atoms with Gasteiger partial charge in [-0.05, 0) is 24.6 Å². The summed E-state index contributed by atoms with van der Waals surface area (Å²) in [5, 5.41) is 7.75. The van der Waals surface area contributed by atoms with Crippen LogP contribution in [0.25, 0.3) is 0 Å². The quantitative estimate of drug-likeness (QED) is 0.837. The number of carbonyl (C=O) groups is 1. The summed E-state index contributed by atoms with van der Waals surface area (Å²) in [5.74, 6) is -0.0814. The largest absolute Gasteiger partial charge is 0.366 e. The first-order valence-corrected chi connectivity index (χ1v) is 9.36. The van der Waals surface area contributed by atoms with Crippen molar-refractivity contribution in [2.24, 2.45) is 7.05 Å². The number of halogens is 2. The Hall–Kier alpha value is -2.09. The molecule has 0 aliphatic carbocycles. The SMILES string of the molecule is Cc1c(Cl)cccc1NC(=O)CN1CCN(c2cnn(C)c(=O)c2Cl)CC1. The maximum absolute atomic E-state index is 12.3. The minimum Gasteiger partial charge on any atom is -0.366 e. The molecule has 0 saturated carbocycles. The van der Waals surface area contributed by atoms with Crippen LogP contribution in [0.1, 0.15) is 5.56 Å². The highest BCUT2D eigenvalue weighted by Gasteiger charge is 2.22. The lowest BCUT2D eigenvalue weighted by Crippen LogP contribution is -2.49. The number of hydrogen-bond donors (Lipinski definition) is 1. The zero-order valence-electron chi connectivity index (χ0n) is 15.2. The molecule has 1 fully saturated rings. The lowest BCUT2D eigenvalue weighted by Gasteiger charge is -2.35. The van der Waals surface area contributed by atoms with E-state index in [0.29, 0.717) is 43.4 Å². The van der Waals surface area contributed by atoms with Gasteiger partial charge in [0.25, 0.3) is 5.56 Å². The second-order valence-corrected chi connectivity index (χ2v) is 7.28. The van der Waals surface area contributed by atoms with E-state index in [1.54, 1.807) is 19.3 Å². The molecule has 1 amide bonds. The number of hydrogen-bond acceptors (Lipinski definition) is 5. The number of nitrogens with zero attached hydrogens (tertiary/aromatic N) is 4. The van der Waals surface area contributed by atoms with Crippen LogP contribution in [0.4, 0.5) is 11.4 Å². The summed E-state index contributed by atoms with van der Waals surface area (Å²) in [6, 6.07) is 5.44. The van der Waals surface area contributed by atoms with Crippen molar-refractivity contribution in [1.82, 2.24) is 14.7 Å². The fraction of sp³-hybridized carbons (Fsp3) is 0.389. The van der Waals surface area contributed by atoms with Gasteiger partial charge in [-0.25, -0.2) is 4.68 Å². The highest BCUT2D eigenvalue weighted by atomic mass is 35.5. The molecule has 0 atom stereocenters. The van der Waals surface area contributed by atoms with Gasteiger partial charge in [0.1, 0.15) is 5.02 Å². The fourth-order valence-corrected chi connectivity index (χ4v) is 3.47. The maximum Gasteiger partial charge on any atom is 0.287 e. The first-order valence-electron chi connectivity index (χ1n) is 8.61. The Bertz CT molecular complexity index is 907. The molecule has 1 saturated heterocycles. The minimum absolute atomic E-state index is 0.0814. The number of nitrogens with one attached hydrogen (secondary N) is 1. The Labute approximate surface area is 167 Å². The van der Waals surface area contributed by atoms with Crippen LogP contribution in [0.5, 0.6) is 0 Å². The van der Waals surface area contributed by atoms with Crippen molar-refractivity contribution in [2.75, 3.05) is 42.9 Å². The highest BCUT2D eigenvalue weighted by Crippen LogP contribution is 2.24. The van der Waals surface area contributed by atoms with Crippen LogP contribution < -0.4 is 15.8 Å². The predicted molar refractivity (Wildman–Crippen MR) is 108 cm³/mol. The van der Waals surface area contributed by atoms with Crippen LogP contribution in [0.15, 0.2) is 29.2 Å². The van der Waals surface area contributed by atoms with Crippen molar-refractivity contribution in [3.63, 3.8) is 0 Å². The van der Waals surface area contributed by atoms with Crippen LogP contribution in [0, 0.1) is 6.92 Å². The van der Waals surface area contributed by atoms with E-state index >= 15 is 0 Å². The van der Waals surface area contributed by atoms with Gasteiger partial charge >= 0.3 is 0 Å². The summed E-state index contributed by atoms with van der Waals surface area (Å²) < 4.78 is 1.21. The molecule has 0 bridgehead atoms. The molecule has 0 spiro atoms. The number of carbonyl (C=O) groups excluding carboxylic acids is 1. The molecule has 2 heterocycles. The molecule has 144 valence electrons. The van der Waals surface area contributed by atoms with Gasteiger partial charge in [-0.3, -0.25) is 14.5 Å². The van der Waals surface area contributed by atoms with E-state index < -0.39 is 0 Å². The lowest BCUT2D eigenvalue weighted by molar-refractivity contribution is -0.117. The Balaban J connectivity index is 1.57. The molecule has 0 radical (unpaired) electrons. The van der Waals surface area contributed by atoms with Crippen LogP contribution in [0.3, 0.4) is 0 Å². The normalized spacial score (nSPS) is 15.0. The van der Waals surface area contributed by atoms with Crippen molar-refractivity contribution < 1.29 is 4.79 Å². The first kappa shape index (κ1) is 19.7. The van der Waals surface area contributed by atoms with Crippen molar-refractivity contribution in [3.8, 4) is 0 Å². The second-order valence-electron chi connectivity index (χ2n) is 6.50. The van der Waals surface area contributed by atoms with Gasteiger partial charge in [-0.15, -0.1) is 0 Å². The average Bonchev–Trinajstić information content (AvgIpc) is 2.65. The zero-order chi connectivity index (χ0) is 19.6. The van der Waals surface area contributed by atoms with Crippen molar-refractivity contribution in [2.45, 2.75) is 6.92 Å². The van der Waals surface area contributed by atoms with E-state index in [4.69, 9.17) is 23.2 Å². The molecule has 2 aromatic rings. The topological polar surface area (TPSA) is 70.5 Å². The van der Waals surface area contributed by atoms with Crippen molar-refractivity contribution in [1.29, 1.82) is 0 Å². The number of anilines is 2. The minimum atomic E-state index is -0.312. The Morgan fingerprint density at radius 2 is 1.93 bits per heavy atom. The van der Waals surface area contributed by atoms with E-state index in [9.17, 15) is 9.59 Å². The Kier molecular flexibility index (Phi) is 6.04. The van der Waals surface area contributed by atoms with Crippen molar-refractivity contribution >= 4 is 40.5 Å². The zero-order valence-corrected chi connectivity index (χ0v) is 16.7. The third-order valence-corrected chi connectivity index (χ3v) is 5.45. The Morgan fingerprint density at radius 1 is 1.22 bits per heavy atom. The van der Waals surface area contributed by atoms with Crippen molar-refractivity contribution in [3.05, 3.63) is 50.4 Å². The lowest BCUT2D eigenvalue weighted by atomic mass is 10.2. The van der Waals surface area contributed by atoms with E-state index in [0.717, 1.165) is 11.3 Å². The molecule has 1 aromatic carbocycles. The van der Waals surface area contributed by atoms with E-state index in [-0.39, 0.29) is 16.5 Å². The molecule has 0 unspecified atom stereocenters. The monoisotopic (exact) mass is 409 g/mol. The van der Waals surface area contributed by atoms with Gasteiger partial charge in [-0.2, -0.15) is 5.10 Å². The molecule has 27 heavy (non-hydrogen) atoms. The molecule has 1 aromatic heterocycles. The number of piperazine rings is 1. The van der Waals surface area contributed by atoms with Gasteiger partial charge in [0.15, 0.2) is 0 Å². The molecule has 9 heteroatoms. The molecular formula is C18H21Cl2N5O2. The van der Waals surface area contributed by atoms with Crippen LogP contribution in [0.2, 0.25) is 10.0 Å². The van der Waals surface area contributed by atoms with Crippen LogP contribution in [-0.2, 0) is 11.8 Å². The molecule has 7 nitrogen and oxygen atoms in total. The predicted octanol–water partition coefficient (Wildman–Crippen LogP) is 2.16. The summed E-state index contributed by atoms with van der Waals surface area (Å²) in [7, 11) is 1.57. The summed E-state index contributed by atoms with van der Waals surface area (Å²) >= 11 is 12.3. The molecular weight excluding hydrogens is 389 g/mol. The number of benzene rings is 1. The summed E-state index contributed by atoms with van der Waals surface area (Å²) in [4.78, 5) is 28.4.